The van der Waals surface area contributed by atoms with E-state index in [4.69, 9.17) is 16.3 Å². The van der Waals surface area contributed by atoms with E-state index in [-0.39, 0.29) is 11.7 Å². The SMILES string of the molecule is CC(C)Oc1ccc(Cl)cc1C(=O)NNC(=O)c1ccc(Br)s1. The molecule has 0 spiro atoms. The van der Waals surface area contributed by atoms with Crippen LogP contribution >= 0.6 is 38.9 Å². The van der Waals surface area contributed by atoms with Crippen LogP contribution in [0.2, 0.25) is 5.02 Å². The number of hydrogen-bond acceptors (Lipinski definition) is 4. The topological polar surface area (TPSA) is 67.4 Å². The molecular weight excluding hydrogens is 404 g/mol. The number of carbonyl (C=O) groups is 2. The number of thiophene rings is 1. The summed E-state index contributed by atoms with van der Waals surface area (Å²) in [5.41, 5.74) is 4.97. The van der Waals surface area contributed by atoms with Crippen LogP contribution in [0.25, 0.3) is 0 Å². The zero-order valence-corrected chi connectivity index (χ0v) is 15.5. The Bertz CT molecular complexity index is 733. The Morgan fingerprint density at radius 3 is 2.48 bits per heavy atom. The van der Waals surface area contributed by atoms with Crippen LogP contribution in [0.15, 0.2) is 34.1 Å². The van der Waals surface area contributed by atoms with Gasteiger partial charge in [-0.3, -0.25) is 20.4 Å². The standard InChI is InChI=1S/C15H14BrClN2O3S/c1-8(2)22-11-4-3-9(17)7-10(11)14(20)18-19-15(21)12-5-6-13(16)23-12/h3-8H,1-2H3,(H,18,20)(H,19,21). The fourth-order valence-corrected chi connectivity index (χ4v) is 3.17. The molecule has 0 unspecified atom stereocenters. The Hall–Kier alpha value is -1.57. The first-order chi connectivity index (χ1) is 10.9. The quantitative estimate of drug-likeness (QED) is 0.738. The highest BCUT2D eigenvalue weighted by molar-refractivity contribution is 9.11. The summed E-state index contributed by atoms with van der Waals surface area (Å²) in [6, 6.07) is 8.16. The second kappa shape index (κ2) is 7.81. The van der Waals surface area contributed by atoms with E-state index < -0.39 is 11.8 Å². The highest BCUT2D eigenvalue weighted by Crippen LogP contribution is 2.24. The predicted octanol–water partition coefficient (Wildman–Crippen LogP) is 4.03. The number of amides is 2. The lowest BCUT2D eigenvalue weighted by molar-refractivity contribution is 0.0845. The lowest BCUT2D eigenvalue weighted by Crippen LogP contribution is -2.41. The van der Waals surface area contributed by atoms with Gasteiger partial charge in [-0.2, -0.15) is 0 Å². The summed E-state index contributed by atoms with van der Waals surface area (Å²) in [6.45, 7) is 3.71. The fourth-order valence-electron chi connectivity index (χ4n) is 1.72. The maximum Gasteiger partial charge on any atom is 0.279 e. The molecule has 23 heavy (non-hydrogen) atoms. The molecule has 0 radical (unpaired) electrons. The first-order valence-corrected chi connectivity index (χ1v) is 8.68. The molecule has 0 aliphatic carbocycles. The molecule has 1 aromatic heterocycles. The first kappa shape index (κ1) is 17.8. The predicted molar refractivity (Wildman–Crippen MR) is 94.2 cm³/mol. The summed E-state index contributed by atoms with van der Waals surface area (Å²) < 4.78 is 6.41. The Morgan fingerprint density at radius 2 is 1.87 bits per heavy atom. The van der Waals surface area contributed by atoms with Gasteiger partial charge >= 0.3 is 0 Å². The van der Waals surface area contributed by atoms with Gasteiger partial charge in [0.1, 0.15) is 5.75 Å². The molecule has 1 aromatic carbocycles. The molecule has 1 heterocycles. The third-order valence-corrected chi connectivity index (χ3v) is 4.49. The van der Waals surface area contributed by atoms with E-state index in [0.29, 0.717) is 15.6 Å². The van der Waals surface area contributed by atoms with E-state index in [2.05, 4.69) is 26.8 Å². The lowest BCUT2D eigenvalue weighted by atomic mass is 10.2. The van der Waals surface area contributed by atoms with Crippen molar-refractivity contribution < 1.29 is 14.3 Å². The van der Waals surface area contributed by atoms with Crippen LogP contribution in [0, 0.1) is 0 Å². The molecule has 0 atom stereocenters. The second-order valence-electron chi connectivity index (χ2n) is 4.82. The van der Waals surface area contributed by atoms with Crippen molar-refractivity contribution >= 4 is 50.7 Å². The number of hydrogen-bond donors (Lipinski definition) is 2. The summed E-state index contributed by atoms with van der Waals surface area (Å²) in [5, 5.41) is 0.403. The minimum absolute atomic E-state index is 0.0965. The Labute approximate surface area is 151 Å². The molecule has 0 aliphatic rings. The molecule has 2 aromatic rings. The molecule has 122 valence electrons. The number of rotatable bonds is 4. The number of hydrazine groups is 1. The molecule has 0 saturated heterocycles. The zero-order chi connectivity index (χ0) is 17.0. The Kier molecular flexibility index (Phi) is 6.04. The van der Waals surface area contributed by atoms with E-state index in [0.717, 1.165) is 3.79 Å². The lowest BCUT2D eigenvalue weighted by Gasteiger charge is -2.14. The van der Waals surface area contributed by atoms with Crippen LogP contribution in [0.1, 0.15) is 33.9 Å². The van der Waals surface area contributed by atoms with Crippen LogP contribution < -0.4 is 15.6 Å². The molecular formula is C15H14BrClN2O3S. The largest absolute Gasteiger partial charge is 0.490 e. The van der Waals surface area contributed by atoms with Gasteiger partial charge in [0.25, 0.3) is 11.8 Å². The first-order valence-electron chi connectivity index (χ1n) is 6.69. The smallest absolute Gasteiger partial charge is 0.279 e. The van der Waals surface area contributed by atoms with Gasteiger partial charge in [-0.1, -0.05) is 11.6 Å². The van der Waals surface area contributed by atoms with Crippen molar-refractivity contribution in [3.05, 3.63) is 49.6 Å². The van der Waals surface area contributed by atoms with Gasteiger partial charge in [0, 0.05) is 5.02 Å². The normalized spacial score (nSPS) is 10.5. The average Bonchev–Trinajstić information content (AvgIpc) is 2.92. The minimum atomic E-state index is -0.507. The number of ether oxygens (including phenoxy) is 1. The summed E-state index contributed by atoms with van der Waals surface area (Å²) in [7, 11) is 0. The van der Waals surface area contributed by atoms with Crippen molar-refractivity contribution in [2.75, 3.05) is 0 Å². The molecule has 0 saturated carbocycles. The molecule has 2 rings (SSSR count). The molecule has 0 fully saturated rings. The van der Waals surface area contributed by atoms with Crippen molar-refractivity contribution in [2.45, 2.75) is 20.0 Å². The molecule has 2 amide bonds. The second-order valence-corrected chi connectivity index (χ2v) is 7.72. The molecule has 0 bridgehead atoms. The van der Waals surface area contributed by atoms with Crippen LogP contribution in [-0.2, 0) is 0 Å². The number of benzene rings is 1. The summed E-state index contributed by atoms with van der Waals surface area (Å²) in [4.78, 5) is 24.7. The zero-order valence-electron chi connectivity index (χ0n) is 12.4. The highest BCUT2D eigenvalue weighted by atomic mass is 79.9. The van der Waals surface area contributed by atoms with E-state index in [1.54, 1.807) is 24.3 Å². The van der Waals surface area contributed by atoms with Gasteiger partial charge in [0.05, 0.1) is 20.3 Å². The Morgan fingerprint density at radius 1 is 1.17 bits per heavy atom. The van der Waals surface area contributed by atoms with Crippen LogP contribution in [0.5, 0.6) is 5.75 Å². The van der Waals surface area contributed by atoms with Crippen LogP contribution in [-0.4, -0.2) is 17.9 Å². The van der Waals surface area contributed by atoms with Crippen molar-refractivity contribution in [3.8, 4) is 5.75 Å². The molecule has 0 aliphatic heterocycles. The third-order valence-electron chi connectivity index (χ3n) is 2.64. The fraction of sp³-hybridized carbons (Fsp3) is 0.200. The molecule has 8 heteroatoms. The van der Waals surface area contributed by atoms with Gasteiger partial charge in [-0.15, -0.1) is 11.3 Å². The molecule has 5 nitrogen and oxygen atoms in total. The van der Waals surface area contributed by atoms with Crippen molar-refractivity contribution in [2.24, 2.45) is 0 Å². The summed E-state index contributed by atoms with van der Waals surface area (Å²) in [6.07, 6.45) is -0.0965. The monoisotopic (exact) mass is 416 g/mol. The highest BCUT2D eigenvalue weighted by Gasteiger charge is 2.16. The average molecular weight is 418 g/mol. The van der Waals surface area contributed by atoms with Gasteiger partial charge < -0.3 is 4.74 Å². The van der Waals surface area contributed by atoms with Gasteiger partial charge in [0.15, 0.2) is 0 Å². The van der Waals surface area contributed by atoms with Crippen molar-refractivity contribution in [1.29, 1.82) is 0 Å². The van der Waals surface area contributed by atoms with Crippen molar-refractivity contribution in [3.63, 3.8) is 0 Å². The van der Waals surface area contributed by atoms with Crippen LogP contribution in [0.4, 0.5) is 0 Å². The van der Waals surface area contributed by atoms with Gasteiger partial charge in [-0.25, -0.2) is 0 Å². The maximum atomic E-state index is 12.3. The van der Waals surface area contributed by atoms with Gasteiger partial charge in [-0.05, 0) is 60.1 Å². The third kappa shape index (κ3) is 4.95. The van der Waals surface area contributed by atoms with Crippen LogP contribution in [0.3, 0.4) is 0 Å². The van der Waals surface area contributed by atoms with Gasteiger partial charge in [0.2, 0.25) is 0 Å². The van der Waals surface area contributed by atoms with E-state index in [1.165, 1.54) is 17.4 Å². The van der Waals surface area contributed by atoms with Crippen molar-refractivity contribution in [1.82, 2.24) is 10.9 Å². The Balaban J connectivity index is 2.08. The maximum absolute atomic E-state index is 12.3. The van der Waals surface area contributed by atoms with E-state index in [9.17, 15) is 9.59 Å². The molecule has 2 N–H and O–H groups in total. The summed E-state index contributed by atoms with van der Waals surface area (Å²) in [5.74, 6) is -0.510. The number of carbonyl (C=O) groups excluding carboxylic acids is 2. The summed E-state index contributed by atoms with van der Waals surface area (Å²) >= 11 is 10.5. The number of halogens is 2. The number of nitrogens with one attached hydrogen (secondary N) is 2. The van der Waals surface area contributed by atoms with E-state index in [1.807, 2.05) is 13.8 Å². The minimum Gasteiger partial charge on any atom is -0.490 e. The van der Waals surface area contributed by atoms with E-state index >= 15 is 0 Å².